The summed E-state index contributed by atoms with van der Waals surface area (Å²) < 4.78 is 0.768. The molecule has 0 amide bonds. The summed E-state index contributed by atoms with van der Waals surface area (Å²) in [6, 6.07) is 1.72. The van der Waals surface area contributed by atoms with E-state index < -0.39 is 12.1 Å². The van der Waals surface area contributed by atoms with Gasteiger partial charge in [0.1, 0.15) is 0 Å². The maximum absolute atomic E-state index is 10.3. The van der Waals surface area contributed by atoms with E-state index >= 15 is 0 Å². The van der Waals surface area contributed by atoms with Crippen LogP contribution in [0.15, 0.2) is 22.9 Å². The molecule has 0 aromatic carbocycles. The van der Waals surface area contributed by atoms with Gasteiger partial charge >= 0.3 is 5.97 Å². The van der Waals surface area contributed by atoms with Crippen LogP contribution < -0.4 is 0 Å². The van der Waals surface area contributed by atoms with Crippen LogP contribution in [0, 0.1) is 0 Å². The van der Waals surface area contributed by atoms with E-state index in [1.54, 1.807) is 12.3 Å². The third-order valence-electron chi connectivity index (χ3n) is 1.74. The summed E-state index contributed by atoms with van der Waals surface area (Å²) in [7, 11) is 0. The molecule has 1 rings (SSSR count). The van der Waals surface area contributed by atoms with Crippen molar-refractivity contribution in [3.8, 4) is 0 Å². The second kappa shape index (κ2) is 5.07. The minimum atomic E-state index is -0.910. The van der Waals surface area contributed by atoms with Crippen LogP contribution in [-0.2, 0) is 4.79 Å². The van der Waals surface area contributed by atoms with E-state index in [-0.39, 0.29) is 12.8 Å². The number of hydrogen-bond acceptors (Lipinski definition) is 3. The van der Waals surface area contributed by atoms with Gasteiger partial charge < -0.3 is 10.2 Å². The zero-order chi connectivity index (χ0) is 10.6. The number of hydrogen-bond donors (Lipinski definition) is 2. The first kappa shape index (κ1) is 11.1. The number of nitrogens with zero attached hydrogens (tertiary/aromatic N) is 1. The van der Waals surface area contributed by atoms with Crippen molar-refractivity contribution in [2.45, 2.75) is 18.9 Å². The van der Waals surface area contributed by atoms with Crippen LogP contribution in [-0.4, -0.2) is 21.2 Å². The number of aliphatic hydroxyl groups excluding tert-OH is 1. The largest absolute Gasteiger partial charge is 0.481 e. The van der Waals surface area contributed by atoms with E-state index in [1.807, 2.05) is 0 Å². The number of aliphatic hydroxyl groups is 1. The molecule has 0 aliphatic carbocycles. The lowest BCUT2D eigenvalue weighted by Crippen LogP contribution is -2.02. The Labute approximate surface area is 89.7 Å². The molecule has 0 spiro atoms. The van der Waals surface area contributed by atoms with E-state index in [9.17, 15) is 9.90 Å². The summed E-state index contributed by atoms with van der Waals surface area (Å²) in [6.45, 7) is 0. The average molecular weight is 260 g/mol. The Kier molecular flexibility index (Phi) is 4.03. The number of halogens is 1. The van der Waals surface area contributed by atoms with Crippen LogP contribution in [0.2, 0.25) is 0 Å². The van der Waals surface area contributed by atoms with E-state index in [2.05, 4.69) is 20.9 Å². The lowest BCUT2D eigenvalue weighted by Gasteiger charge is -2.08. The van der Waals surface area contributed by atoms with Gasteiger partial charge in [0.25, 0.3) is 0 Å². The Morgan fingerprint density at radius 1 is 1.57 bits per heavy atom. The maximum Gasteiger partial charge on any atom is 0.303 e. The maximum atomic E-state index is 10.3. The molecular weight excluding hydrogens is 250 g/mol. The predicted octanol–water partition coefficient (Wildman–Crippen LogP) is 1.74. The Bertz CT molecular complexity index is 330. The van der Waals surface area contributed by atoms with Gasteiger partial charge in [0.15, 0.2) is 0 Å². The number of rotatable bonds is 4. The normalized spacial score (nSPS) is 12.4. The van der Waals surface area contributed by atoms with Crippen molar-refractivity contribution in [2.75, 3.05) is 0 Å². The first-order chi connectivity index (χ1) is 6.59. The molecule has 1 unspecified atom stereocenters. The van der Waals surface area contributed by atoms with Gasteiger partial charge in [-0.25, -0.2) is 0 Å². The van der Waals surface area contributed by atoms with Gasteiger partial charge in [-0.2, -0.15) is 0 Å². The Morgan fingerprint density at radius 2 is 2.29 bits per heavy atom. The minimum Gasteiger partial charge on any atom is -0.481 e. The SMILES string of the molecule is O=C(O)CCC(O)c1cncc(Br)c1. The fourth-order valence-corrected chi connectivity index (χ4v) is 1.42. The quantitative estimate of drug-likeness (QED) is 0.865. The average Bonchev–Trinajstić information content (AvgIpc) is 2.14. The molecule has 1 aromatic rings. The lowest BCUT2D eigenvalue weighted by molar-refractivity contribution is -0.137. The van der Waals surface area contributed by atoms with Gasteiger partial charge in [-0.05, 0) is 34.0 Å². The molecule has 1 aromatic heterocycles. The fraction of sp³-hybridized carbons (Fsp3) is 0.333. The molecule has 5 heteroatoms. The summed E-state index contributed by atoms with van der Waals surface area (Å²) >= 11 is 3.22. The predicted molar refractivity (Wildman–Crippen MR) is 53.8 cm³/mol. The van der Waals surface area contributed by atoms with Crippen LogP contribution in [0.25, 0.3) is 0 Å². The van der Waals surface area contributed by atoms with Gasteiger partial charge in [-0.15, -0.1) is 0 Å². The smallest absolute Gasteiger partial charge is 0.303 e. The number of carboxylic acids is 1. The van der Waals surface area contributed by atoms with Crippen molar-refractivity contribution in [1.29, 1.82) is 0 Å². The number of pyridine rings is 1. The van der Waals surface area contributed by atoms with Crippen LogP contribution >= 0.6 is 15.9 Å². The van der Waals surface area contributed by atoms with Crippen molar-refractivity contribution in [1.82, 2.24) is 4.98 Å². The monoisotopic (exact) mass is 259 g/mol. The minimum absolute atomic E-state index is 0.0479. The van der Waals surface area contributed by atoms with Crippen LogP contribution in [0.1, 0.15) is 24.5 Å². The first-order valence-corrected chi connectivity index (χ1v) is 4.89. The molecule has 14 heavy (non-hydrogen) atoms. The molecule has 0 saturated carbocycles. The third kappa shape index (κ3) is 3.43. The van der Waals surface area contributed by atoms with Crippen molar-refractivity contribution in [3.63, 3.8) is 0 Å². The second-order valence-corrected chi connectivity index (χ2v) is 3.80. The highest BCUT2D eigenvalue weighted by atomic mass is 79.9. The summed E-state index contributed by atoms with van der Waals surface area (Å²) in [6.07, 6.45) is 2.52. The van der Waals surface area contributed by atoms with E-state index in [1.165, 1.54) is 6.20 Å². The Hall–Kier alpha value is -0.940. The molecule has 1 heterocycles. The molecule has 0 aliphatic heterocycles. The zero-order valence-electron chi connectivity index (χ0n) is 7.35. The van der Waals surface area contributed by atoms with Crippen molar-refractivity contribution in [3.05, 3.63) is 28.5 Å². The molecule has 1 atom stereocenters. The van der Waals surface area contributed by atoms with Gasteiger partial charge in [0, 0.05) is 23.3 Å². The van der Waals surface area contributed by atoms with Crippen LogP contribution in [0.5, 0.6) is 0 Å². The molecule has 0 bridgehead atoms. The van der Waals surface area contributed by atoms with E-state index in [0.717, 1.165) is 4.47 Å². The zero-order valence-corrected chi connectivity index (χ0v) is 8.94. The molecule has 4 nitrogen and oxygen atoms in total. The highest BCUT2D eigenvalue weighted by Crippen LogP contribution is 2.20. The van der Waals surface area contributed by atoms with Gasteiger partial charge in [0.05, 0.1) is 6.10 Å². The van der Waals surface area contributed by atoms with Crippen LogP contribution in [0.3, 0.4) is 0 Å². The van der Waals surface area contributed by atoms with Crippen molar-refractivity contribution < 1.29 is 15.0 Å². The number of carboxylic acid groups (broad SMARTS) is 1. The summed E-state index contributed by atoms with van der Waals surface area (Å²) in [4.78, 5) is 14.1. The fourth-order valence-electron chi connectivity index (χ4n) is 1.04. The third-order valence-corrected chi connectivity index (χ3v) is 2.18. The standard InChI is InChI=1S/C9H10BrNO3/c10-7-3-6(4-11-5-7)8(12)1-2-9(13)14/h3-5,8,12H,1-2H2,(H,13,14). The topological polar surface area (TPSA) is 70.4 Å². The van der Waals surface area contributed by atoms with Crippen LogP contribution in [0.4, 0.5) is 0 Å². The molecule has 0 saturated heterocycles. The van der Waals surface area contributed by atoms with Gasteiger partial charge in [-0.1, -0.05) is 0 Å². The number of aromatic nitrogens is 1. The van der Waals surface area contributed by atoms with Gasteiger partial charge in [0.2, 0.25) is 0 Å². The summed E-state index contributed by atoms with van der Waals surface area (Å²) in [5.41, 5.74) is 0.626. The Morgan fingerprint density at radius 3 is 2.86 bits per heavy atom. The molecule has 76 valence electrons. The lowest BCUT2D eigenvalue weighted by atomic mass is 10.1. The highest BCUT2D eigenvalue weighted by molar-refractivity contribution is 9.10. The Balaban J connectivity index is 2.60. The summed E-state index contributed by atoms with van der Waals surface area (Å²) in [5.74, 6) is -0.910. The van der Waals surface area contributed by atoms with Crippen molar-refractivity contribution >= 4 is 21.9 Å². The second-order valence-electron chi connectivity index (χ2n) is 2.88. The van der Waals surface area contributed by atoms with Crippen molar-refractivity contribution in [2.24, 2.45) is 0 Å². The molecule has 0 aliphatic rings. The van der Waals surface area contributed by atoms with Gasteiger partial charge in [-0.3, -0.25) is 9.78 Å². The molecule has 0 radical (unpaired) electrons. The summed E-state index contributed by atoms with van der Waals surface area (Å²) in [5, 5.41) is 18.0. The van der Waals surface area contributed by atoms with E-state index in [0.29, 0.717) is 5.56 Å². The molecular formula is C9H10BrNO3. The number of carbonyl (C=O) groups is 1. The molecule has 0 fully saturated rings. The molecule has 2 N–H and O–H groups in total. The van der Waals surface area contributed by atoms with E-state index in [4.69, 9.17) is 5.11 Å². The highest BCUT2D eigenvalue weighted by Gasteiger charge is 2.10. The number of aliphatic carboxylic acids is 1. The first-order valence-electron chi connectivity index (χ1n) is 4.10.